The van der Waals surface area contributed by atoms with Crippen LogP contribution >= 0.6 is 11.6 Å². The average molecular weight is 332 g/mol. The highest BCUT2D eigenvalue weighted by molar-refractivity contribution is 6.32. The first-order valence-corrected chi connectivity index (χ1v) is 7.84. The molecule has 0 saturated carbocycles. The molecule has 122 valence electrons. The van der Waals surface area contributed by atoms with Crippen molar-refractivity contribution in [3.05, 3.63) is 64.7 Å². The number of methoxy groups -OCH3 is 1. The van der Waals surface area contributed by atoms with Crippen LogP contribution in [-0.2, 0) is 6.54 Å². The number of hydrogen-bond donors (Lipinski definition) is 1. The van der Waals surface area contributed by atoms with Crippen molar-refractivity contribution in [3.63, 3.8) is 0 Å². The highest BCUT2D eigenvalue weighted by Crippen LogP contribution is 2.36. The first-order valence-electron chi connectivity index (χ1n) is 7.47. The van der Waals surface area contributed by atoms with E-state index in [1.54, 1.807) is 13.2 Å². The summed E-state index contributed by atoms with van der Waals surface area (Å²) < 4.78 is 11.0. The van der Waals surface area contributed by atoms with Crippen LogP contribution < -0.4 is 14.8 Å². The maximum Gasteiger partial charge on any atom is 0.180 e. The topological polar surface area (TPSA) is 30.5 Å². The van der Waals surface area contributed by atoms with Gasteiger partial charge < -0.3 is 14.8 Å². The Morgan fingerprint density at radius 1 is 1.26 bits per heavy atom. The zero-order valence-corrected chi connectivity index (χ0v) is 14.5. The summed E-state index contributed by atoms with van der Waals surface area (Å²) in [6.07, 6.45) is 1.67. The van der Waals surface area contributed by atoms with Crippen molar-refractivity contribution < 1.29 is 9.47 Å². The van der Waals surface area contributed by atoms with E-state index in [4.69, 9.17) is 21.1 Å². The molecule has 0 aliphatic carbocycles. The number of hydrogen-bond acceptors (Lipinski definition) is 3. The summed E-state index contributed by atoms with van der Waals surface area (Å²) in [6, 6.07) is 10.0. The van der Waals surface area contributed by atoms with Crippen molar-refractivity contribution >= 4 is 17.3 Å². The van der Waals surface area contributed by atoms with Gasteiger partial charge in [-0.3, -0.25) is 0 Å². The Balaban J connectivity index is 2.18. The quantitative estimate of drug-likeness (QED) is 0.712. The molecule has 3 nitrogen and oxygen atoms in total. The summed E-state index contributed by atoms with van der Waals surface area (Å²) in [4.78, 5) is 0. The molecule has 0 atom stereocenters. The molecular weight excluding hydrogens is 310 g/mol. The second-order valence-electron chi connectivity index (χ2n) is 5.31. The van der Waals surface area contributed by atoms with Gasteiger partial charge in [0.25, 0.3) is 0 Å². The molecule has 0 aliphatic heterocycles. The summed E-state index contributed by atoms with van der Waals surface area (Å²) in [5, 5.41) is 3.97. The van der Waals surface area contributed by atoms with Crippen LogP contribution in [0.3, 0.4) is 0 Å². The fourth-order valence-electron chi connectivity index (χ4n) is 2.30. The molecule has 4 heteroatoms. The Morgan fingerprint density at radius 2 is 2.04 bits per heavy atom. The molecule has 2 rings (SSSR count). The number of aryl methyl sites for hydroxylation is 1. The van der Waals surface area contributed by atoms with Crippen LogP contribution in [0.25, 0.3) is 0 Å². The van der Waals surface area contributed by atoms with Gasteiger partial charge in [0, 0.05) is 12.2 Å². The molecule has 0 aliphatic rings. The van der Waals surface area contributed by atoms with Crippen LogP contribution in [0.1, 0.15) is 16.7 Å². The van der Waals surface area contributed by atoms with Crippen LogP contribution in [0.15, 0.2) is 43.0 Å². The summed E-state index contributed by atoms with van der Waals surface area (Å²) in [5.74, 6) is 1.17. The number of rotatable bonds is 7. The molecule has 0 aromatic heterocycles. The van der Waals surface area contributed by atoms with E-state index in [1.807, 2.05) is 18.2 Å². The first-order chi connectivity index (χ1) is 11.1. The minimum atomic E-state index is 0.385. The lowest BCUT2D eigenvalue weighted by Crippen LogP contribution is -2.03. The third-order valence-corrected chi connectivity index (χ3v) is 4.00. The van der Waals surface area contributed by atoms with Crippen LogP contribution in [0.4, 0.5) is 5.69 Å². The van der Waals surface area contributed by atoms with Crippen molar-refractivity contribution in [1.82, 2.24) is 0 Å². The Hall–Kier alpha value is -2.13. The molecule has 0 radical (unpaired) electrons. The van der Waals surface area contributed by atoms with Crippen molar-refractivity contribution in [3.8, 4) is 11.5 Å². The highest BCUT2D eigenvalue weighted by atomic mass is 35.5. The van der Waals surface area contributed by atoms with E-state index in [0.717, 1.165) is 11.3 Å². The monoisotopic (exact) mass is 331 g/mol. The van der Waals surface area contributed by atoms with Crippen LogP contribution in [0, 0.1) is 13.8 Å². The first kappa shape index (κ1) is 17.2. The van der Waals surface area contributed by atoms with E-state index in [1.165, 1.54) is 11.1 Å². The predicted molar refractivity (Wildman–Crippen MR) is 96.9 cm³/mol. The van der Waals surface area contributed by atoms with Gasteiger partial charge in [-0.15, -0.1) is 0 Å². The van der Waals surface area contributed by atoms with Gasteiger partial charge in [0.05, 0.1) is 12.1 Å². The smallest absolute Gasteiger partial charge is 0.180 e. The molecule has 2 aromatic carbocycles. The second-order valence-corrected chi connectivity index (χ2v) is 5.72. The van der Waals surface area contributed by atoms with E-state index < -0.39 is 0 Å². The maximum atomic E-state index is 6.32. The number of anilines is 1. The molecule has 0 fully saturated rings. The standard InChI is InChI=1S/C19H22ClNO2/c1-5-9-23-19-16(20)10-15(11-18(19)22-4)12-21-17-8-6-7-13(2)14(17)3/h5-8,10-11,21H,1,9,12H2,2-4H3. The van der Waals surface area contributed by atoms with Crippen molar-refractivity contribution in [2.24, 2.45) is 0 Å². The largest absolute Gasteiger partial charge is 0.493 e. The number of halogens is 1. The molecule has 23 heavy (non-hydrogen) atoms. The van der Waals surface area contributed by atoms with Gasteiger partial charge >= 0.3 is 0 Å². The zero-order valence-electron chi connectivity index (χ0n) is 13.8. The minimum Gasteiger partial charge on any atom is -0.493 e. The molecule has 0 heterocycles. The number of ether oxygens (including phenoxy) is 2. The Kier molecular flexibility index (Phi) is 5.94. The third kappa shape index (κ3) is 4.20. The summed E-state index contributed by atoms with van der Waals surface area (Å²) in [6.45, 7) is 8.89. The second kappa shape index (κ2) is 7.93. The minimum absolute atomic E-state index is 0.385. The van der Waals surface area contributed by atoms with Gasteiger partial charge in [-0.05, 0) is 48.7 Å². The zero-order chi connectivity index (χ0) is 16.8. The van der Waals surface area contributed by atoms with E-state index in [2.05, 4.69) is 37.9 Å². The van der Waals surface area contributed by atoms with Gasteiger partial charge in [0.15, 0.2) is 11.5 Å². The third-order valence-electron chi connectivity index (χ3n) is 3.72. The van der Waals surface area contributed by atoms with Crippen molar-refractivity contribution in [2.45, 2.75) is 20.4 Å². The number of nitrogens with one attached hydrogen (secondary N) is 1. The van der Waals surface area contributed by atoms with Gasteiger partial charge in [-0.1, -0.05) is 36.4 Å². The van der Waals surface area contributed by atoms with Crippen LogP contribution in [0.5, 0.6) is 11.5 Å². The average Bonchev–Trinajstić information content (AvgIpc) is 2.54. The summed E-state index contributed by atoms with van der Waals surface area (Å²) in [7, 11) is 1.61. The van der Waals surface area contributed by atoms with E-state index in [-0.39, 0.29) is 0 Å². The Labute approximate surface area is 142 Å². The molecule has 0 unspecified atom stereocenters. The Bertz CT molecular complexity index is 698. The molecule has 0 bridgehead atoms. The fourth-order valence-corrected chi connectivity index (χ4v) is 2.59. The van der Waals surface area contributed by atoms with Crippen LogP contribution in [-0.4, -0.2) is 13.7 Å². The van der Waals surface area contributed by atoms with E-state index in [0.29, 0.717) is 29.7 Å². The van der Waals surface area contributed by atoms with Crippen LogP contribution in [0.2, 0.25) is 5.02 Å². The predicted octanol–water partition coefficient (Wildman–Crippen LogP) is 5.14. The molecular formula is C19H22ClNO2. The van der Waals surface area contributed by atoms with Gasteiger partial charge in [0.2, 0.25) is 0 Å². The Morgan fingerprint density at radius 3 is 2.74 bits per heavy atom. The van der Waals surface area contributed by atoms with Gasteiger partial charge in [0.1, 0.15) is 6.61 Å². The summed E-state index contributed by atoms with van der Waals surface area (Å²) in [5.41, 5.74) is 4.65. The molecule has 0 saturated heterocycles. The normalized spacial score (nSPS) is 10.3. The van der Waals surface area contributed by atoms with Gasteiger partial charge in [-0.2, -0.15) is 0 Å². The maximum absolute atomic E-state index is 6.32. The lowest BCUT2D eigenvalue weighted by atomic mass is 10.1. The van der Waals surface area contributed by atoms with Crippen molar-refractivity contribution in [2.75, 3.05) is 19.0 Å². The molecule has 2 aromatic rings. The summed E-state index contributed by atoms with van der Waals surface area (Å²) >= 11 is 6.32. The van der Waals surface area contributed by atoms with E-state index in [9.17, 15) is 0 Å². The van der Waals surface area contributed by atoms with Gasteiger partial charge in [-0.25, -0.2) is 0 Å². The molecule has 0 spiro atoms. The fraction of sp³-hybridized carbons (Fsp3) is 0.263. The van der Waals surface area contributed by atoms with E-state index >= 15 is 0 Å². The van der Waals surface area contributed by atoms with Crippen molar-refractivity contribution in [1.29, 1.82) is 0 Å². The SMILES string of the molecule is C=CCOc1c(Cl)cc(CNc2cccc(C)c2C)cc1OC. The molecule has 1 N–H and O–H groups in total. The lowest BCUT2D eigenvalue weighted by Gasteiger charge is -2.15. The molecule has 0 amide bonds. The number of benzene rings is 2. The lowest BCUT2D eigenvalue weighted by molar-refractivity contribution is 0.326. The highest BCUT2D eigenvalue weighted by Gasteiger charge is 2.12.